The monoisotopic (exact) mass is 341 g/mol. The highest BCUT2D eigenvalue weighted by molar-refractivity contribution is 6.44. The van der Waals surface area contributed by atoms with E-state index in [1.165, 1.54) is 6.07 Å². The van der Waals surface area contributed by atoms with Crippen molar-refractivity contribution in [2.45, 2.75) is 0 Å². The first-order chi connectivity index (χ1) is 10.4. The highest BCUT2D eigenvalue weighted by Crippen LogP contribution is 2.31. The first kappa shape index (κ1) is 15.9. The third-order valence-corrected chi connectivity index (χ3v) is 3.46. The maximum atomic E-state index is 11.9. The second-order valence-electron chi connectivity index (χ2n) is 4.14. The average molecular weight is 342 g/mol. The standard InChI is InChI=1S/C13H9Cl2N3O4/c14-8-2-1-3-9(12(8)15)16-13(20)17-10-6-7(18(21)22)4-5-11(10)19/h1-6,19H,(H2,16,17,20). The highest BCUT2D eigenvalue weighted by atomic mass is 35.5. The van der Waals surface area contributed by atoms with Gasteiger partial charge in [-0.3, -0.25) is 10.1 Å². The molecule has 0 bridgehead atoms. The minimum absolute atomic E-state index is 0.107. The van der Waals surface area contributed by atoms with E-state index in [0.29, 0.717) is 0 Å². The number of nitro benzene ring substituents is 1. The van der Waals surface area contributed by atoms with E-state index >= 15 is 0 Å². The summed E-state index contributed by atoms with van der Waals surface area (Å²) in [6.45, 7) is 0. The van der Waals surface area contributed by atoms with E-state index in [1.807, 2.05) is 0 Å². The Morgan fingerprint density at radius 2 is 1.82 bits per heavy atom. The van der Waals surface area contributed by atoms with E-state index in [4.69, 9.17) is 23.2 Å². The summed E-state index contributed by atoms with van der Waals surface area (Å²) < 4.78 is 0. The highest BCUT2D eigenvalue weighted by Gasteiger charge is 2.14. The molecule has 2 aromatic carbocycles. The molecule has 0 heterocycles. The Morgan fingerprint density at radius 1 is 1.14 bits per heavy atom. The van der Waals surface area contributed by atoms with E-state index in [9.17, 15) is 20.0 Å². The molecule has 7 nitrogen and oxygen atoms in total. The predicted octanol–water partition coefficient (Wildman–Crippen LogP) is 4.25. The van der Waals surface area contributed by atoms with Crippen LogP contribution in [0, 0.1) is 10.1 Å². The van der Waals surface area contributed by atoms with Gasteiger partial charge in [0.25, 0.3) is 5.69 Å². The van der Waals surface area contributed by atoms with Crippen LogP contribution in [-0.4, -0.2) is 16.1 Å². The summed E-state index contributed by atoms with van der Waals surface area (Å²) in [6, 6.07) is 7.20. The fourth-order valence-corrected chi connectivity index (χ4v) is 1.96. The Kier molecular flexibility index (Phi) is 4.69. The largest absolute Gasteiger partial charge is 0.506 e. The molecule has 0 aliphatic heterocycles. The smallest absolute Gasteiger partial charge is 0.323 e. The predicted molar refractivity (Wildman–Crippen MR) is 83.9 cm³/mol. The minimum Gasteiger partial charge on any atom is -0.506 e. The second-order valence-corrected chi connectivity index (χ2v) is 4.92. The number of benzene rings is 2. The van der Waals surface area contributed by atoms with E-state index in [0.717, 1.165) is 18.2 Å². The van der Waals surface area contributed by atoms with Gasteiger partial charge in [0.05, 0.1) is 26.3 Å². The summed E-state index contributed by atoms with van der Waals surface area (Å²) in [4.78, 5) is 21.9. The maximum absolute atomic E-state index is 11.9. The number of aromatic hydroxyl groups is 1. The number of halogens is 2. The molecule has 9 heteroatoms. The SMILES string of the molecule is O=C(Nc1cc([N+](=O)[O-])ccc1O)Nc1cccc(Cl)c1Cl. The van der Waals surface area contributed by atoms with Crippen molar-refractivity contribution in [3.63, 3.8) is 0 Å². The van der Waals surface area contributed by atoms with Crippen LogP contribution in [0.2, 0.25) is 10.0 Å². The summed E-state index contributed by atoms with van der Waals surface area (Å²) in [6.07, 6.45) is 0. The number of hydrogen-bond donors (Lipinski definition) is 3. The number of non-ortho nitro benzene ring substituents is 1. The van der Waals surface area contributed by atoms with Crippen molar-refractivity contribution < 1.29 is 14.8 Å². The van der Waals surface area contributed by atoms with Crippen LogP contribution in [0.15, 0.2) is 36.4 Å². The summed E-state index contributed by atoms with van der Waals surface area (Å²) in [7, 11) is 0. The zero-order valence-electron chi connectivity index (χ0n) is 10.8. The number of carbonyl (C=O) groups is 1. The molecular weight excluding hydrogens is 333 g/mol. The molecule has 2 aromatic rings. The van der Waals surface area contributed by atoms with Gasteiger partial charge < -0.3 is 15.7 Å². The van der Waals surface area contributed by atoms with Gasteiger partial charge in [0.15, 0.2) is 0 Å². The number of anilines is 2. The molecule has 0 atom stereocenters. The van der Waals surface area contributed by atoms with Crippen molar-refractivity contribution in [2.75, 3.05) is 10.6 Å². The van der Waals surface area contributed by atoms with Crippen molar-refractivity contribution in [1.29, 1.82) is 0 Å². The Hall–Kier alpha value is -2.51. The number of hydrogen-bond acceptors (Lipinski definition) is 4. The fourth-order valence-electron chi connectivity index (χ4n) is 1.61. The van der Waals surface area contributed by atoms with Gasteiger partial charge in [-0.1, -0.05) is 29.3 Å². The average Bonchev–Trinajstić information content (AvgIpc) is 2.46. The molecule has 0 fully saturated rings. The first-order valence-corrected chi connectivity index (χ1v) is 6.63. The summed E-state index contributed by atoms with van der Waals surface area (Å²) in [5.41, 5.74) is -0.115. The molecule has 0 aliphatic carbocycles. The number of carbonyl (C=O) groups excluding carboxylic acids is 1. The zero-order chi connectivity index (χ0) is 16.3. The quantitative estimate of drug-likeness (QED) is 0.440. The van der Waals surface area contributed by atoms with Gasteiger partial charge >= 0.3 is 6.03 Å². The maximum Gasteiger partial charge on any atom is 0.323 e. The molecule has 0 radical (unpaired) electrons. The van der Waals surface area contributed by atoms with Crippen LogP contribution in [-0.2, 0) is 0 Å². The summed E-state index contributed by atoms with van der Waals surface area (Å²) >= 11 is 11.7. The minimum atomic E-state index is -0.736. The van der Waals surface area contributed by atoms with Gasteiger partial charge in [0, 0.05) is 12.1 Å². The number of nitro groups is 1. The van der Waals surface area contributed by atoms with Gasteiger partial charge in [0.1, 0.15) is 5.75 Å². The lowest BCUT2D eigenvalue weighted by Gasteiger charge is -2.10. The van der Waals surface area contributed by atoms with E-state index in [1.54, 1.807) is 12.1 Å². The van der Waals surface area contributed by atoms with Gasteiger partial charge in [-0.15, -0.1) is 0 Å². The van der Waals surface area contributed by atoms with Crippen LogP contribution in [0.5, 0.6) is 5.75 Å². The lowest BCUT2D eigenvalue weighted by molar-refractivity contribution is -0.384. The van der Waals surface area contributed by atoms with Crippen molar-refractivity contribution in [3.8, 4) is 5.75 Å². The lowest BCUT2D eigenvalue weighted by atomic mass is 10.2. The molecule has 0 aromatic heterocycles. The Labute approximate surface area is 134 Å². The number of amides is 2. The molecule has 0 unspecified atom stereocenters. The fraction of sp³-hybridized carbons (Fsp3) is 0. The van der Waals surface area contributed by atoms with Crippen LogP contribution in [0.1, 0.15) is 0 Å². The van der Waals surface area contributed by atoms with Crippen molar-refractivity contribution >= 4 is 46.3 Å². The molecule has 2 amide bonds. The van der Waals surface area contributed by atoms with E-state index in [-0.39, 0.29) is 32.9 Å². The molecular formula is C13H9Cl2N3O4. The number of urea groups is 1. The van der Waals surface area contributed by atoms with Gasteiger partial charge in [0.2, 0.25) is 0 Å². The normalized spacial score (nSPS) is 10.1. The zero-order valence-corrected chi connectivity index (χ0v) is 12.4. The first-order valence-electron chi connectivity index (χ1n) is 5.88. The van der Waals surface area contributed by atoms with Crippen LogP contribution in [0.4, 0.5) is 21.9 Å². The number of rotatable bonds is 3. The van der Waals surface area contributed by atoms with Crippen molar-refractivity contribution in [1.82, 2.24) is 0 Å². The molecule has 0 saturated heterocycles. The molecule has 22 heavy (non-hydrogen) atoms. The van der Waals surface area contributed by atoms with Gasteiger partial charge in [-0.2, -0.15) is 0 Å². The number of nitrogens with zero attached hydrogens (tertiary/aromatic N) is 1. The number of nitrogens with one attached hydrogen (secondary N) is 2. The Balaban J connectivity index is 2.17. The van der Waals surface area contributed by atoms with Crippen molar-refractivity contribution in [3.05, 3.63) is 56.6 Å². The van der Waals surface area contributed by atoms with Crippen LogP contribution in [0.3, 0.4) is 0 Å². The molecule has 0 saturated carbocycles. The Morgan fingerprint density at radius 3 is 2.50 bits per heavy atom. The lowest BCUT2D eigenvalue weighted by Crippen LogP contribution is -2.19. The van der Waals surface area contributed by atoms with Crippen LogP contribution < -0.4 is 10.6 Å². The van der Waals surface area contributed by atoms with E-state index in [2.05, 4.69) is 10.6 Å². The second kappa shape index (κ2) is 6.50. The van der Waals surface area contributed by atoms with Crippen molar-refractivity contribution in [2.24, 2.45) is 0 Å². The molecule has 114 valence electrons. The van der Waals surface area contributed by atoms with Gasteiger partial charge in [-0.05, 0) is 18.2 Å². The van der Waals surface area contributed by atoms with Crippen LogP contribution in [0.25, 0.3) is 0 Å². The number of phenolic OH excluding ortho intramolecular Hbond substituents is 1. The van der Waals surface area contributed by atoms with Crippen LogP contribution >= 0.6 is 23.2 Å². The third kappa shape index (κ3) is 3.57. The molecule has 2 rings (SSSR count). The number of phenols is 1. The van der Waals surface area contributed by atoms with E-state index < -0.39 is 11.0 Å². The topological polar surface area (TPSA) is 104 Å². The molecule has 0 aliphatic rings. The Bertz CT molecular complexity index is 752. The summed E-state index contributed by atoms with van der Waals surface area (Å²) in [5.74, 6) is -0.307. The summed E-state index contributed by atoms with van der Waals surface area (Å²) in [5, 5.41) is 25.4. The molecule has 3 N–H and O–H groups in total. The van der Waals surface area contributed by atoms with Gasteiger partial charge in [-0.25, -0.2) is 4.79 Å². The third-order valence-electron chi connectivity index (χ3n) is 2.64. The molecule has 0 spiro atoms.